The molecule has 0 aliphatic rings. The zero-order valence-electron chi connectivity index (χ0n) is 10.9. The van der Waals surface area contributed by atoms with E-state index in [0.717, 1.165) is 0 Å². The molecule has 0 bridgehead atoms. The Balaban J connectivity index is 2.74. The molecule has 7 heteroatoms. The number of halogens is 2. The summed E-state index contributed by atoms with van der Waals surface area (Å²) >= 11 is 5.74. The molecule has 0 saturated heterocycles. The lowest BCUT2D eigenvalue weighted by molar-refractivity contribution is -0.0166. The van der Waals surface area contributed by atoms with Crippen molar-refractivity contribution in [2.75, 3.05) is 13.2 Å². The maximum absolute atomic E-state index is 11.4. The van der Waals surface area contributed by atoms with E-state index in [1.807, 2.05) is 20.8 Å². The van der Waals surface area contributed by atoms with Gasteiger partial charge in [0.2, 0.25) is 0 Å². The molecule has 0 aromatic heterocycles. The van der Waals surface area contributed by atoms with Crippen LogP contribution < -0.4 is 4.74 Å². The highest BCUT2D eigenvalue weighted by molar-refractivity contribution is 8.13. The van der Waals surface area contributed by atoms with E-state index in [2.05, 4.69) is 0 Å². The monoisotopic (exact) mass is 326 g/mol. The minimum absolute atomic E-state index is 0.141. The molecule has 4 nitrogen and oxygen atoms in total. The average molecular weight is 327 g/mol. The number of benzene rings is 1. The molecule has 19 heavy (non-hydrogen) atoms. The Morgan fingerprint density at radius 1 is 1.21 bits per heavy atom. The van der Waals surface area contributed by atoms with Gasteiger partial charge in [0.05, 0.1) is 12.2 Å². The fraction of sp³-hybridized carbons (Fsp3) is 0.500. The van der Waals surface area contributed by atoms with Gasteiger partial charge >= 0.3 is 0 Å². The first kappa shape index (κ1) is 16.6. The van der Waals surface area contributed by atoms with Gasteiger partial charge in [-0.3, -0.25) is 0 Å². The molecule has 1 rings (SSSR count). The van der Waals surface area contributed by atoms with Gasteiger partial charge in [0.1, 0.15) is 17.3 Å². The highest BCUT2D eigenvalue weighted by Crippen LogP contribution is 2.29. The highest BCUT2D eigenvalue weighted by atomic mass is 35.7. The molecule has 0 N–H and O–H groups in total. The van der Waals surface area contributed by atoms with Gasteiger partial charge in [0.25, 0.3) is 9.05 Å². The van der Waals surface area contributed by atoms with E-state index < -0.39 is 9.05 Å². The topological polar surface area (TPSA) is 52.6 Å². The number of hydrogen-bond acceptors (Lipinski definition) is 4. The van der Waals surface area contributed by atoms with Crippen LogP contribution in [0.4, 0.5) is 0 Å². The molecule has 0 aliphatic carbocycles. The van der Waals surface area contributed by atoms with Crippen LogP contribution in [0.1, 0.15) is 20.8 Å². The zero-order valence-corrected chi connectivity index (χ0v) is 13.3. The van der Waals surface area contributed by atoms with Gasteiger partial charge in [0.15, 0.2) is 0 Å². The SMILES string of the molecule is CC(C)(C)OCCOc1ccc(Cl)cc1S(=O)(=O)Cl. The van der Waals surface area contributed by atoms with E-state index in [0.29, 0.717) is 6.61 Å². The lowest BCUT2D eigenvalue weighted by Crippen LogP contribution is -2.22. The minimum Gasteiger partial charge on any atom is -0.490 e. The number of rotatable bonds is 5. The van der Waals surface area contributed by atoms with Crippen molar-refractivity contribution in [3.8, 4) is 5.75 Å². The van der Waals surface area contributed by atoms with Crippen LogP contribution in [0.2, 0.25) is 5.02 Å². The van der Waals surface area contributed by atoms with Crippen LogP contribution in [0, 0.1) is 0 Å². The molecule has 0 amide bonds. The van der Waals surface area contributed by atoms with Crippen LogP contribution in [0.3, 0.4) is 0 Å². The summed E-state index contributed by atoms with van der Waals surface area (Å²) in [6.07, 6.45) is 0. The van der Waals surface area contributed by atoms with Crippen molar-refractivity contribution in [3.63, 3.8) is 0 Å². The maximum atomic E-state index is 11.4. The first-order valence-electron chi connectivity index (χ1n) is 5.60. The van der Waals surface area contributed by atoms with E-state index >= 15 is 0 Å². The summed E-state index contributed by atoms with van der Waals surface area (Å²) in [4.78, 5) is -0.141. The van der Waals surface area contributed by atoms with Crippen LogP contribution in [-0.2, 0) is 13.8 Å². The predicted molar refractivity (Wildman–Crippen MR) is 75.7 cm³/mol. The normalized spacial score (nSPS) is 12.5. The molecular formula is C12H16Cl2O4S. The third-order valence-corrected chi connectivity index (χ3v) is 3.62. The molecule has 0 atom stereocenters. The average Bonchev–Trinajstić information content (AvgIpc) is 2.23. The van der Waals surface area contributed by atoms with E-state index in [9.17, 15) is 8.42 Å². The molecule has 0 fully saturated rings. The van der Waals surface area contributed by atoms with Gasteiger partial charge in [-0.2, -0.15) is 0 Å². The quantitative estimate of drug-likeness (QED) is 0.614. The largest absolute Gasteiger partial charge is 0.490 e. The van der Waals surface area contributed by atoms with E-state index in [1.54, 1.807) is 0 Å². The van der Waals surface area contributed by atoms with E-state index in [-0.39, 0.29) is 27.9 Å². The molecule has 0 saturated carbocycles. The molecule has 1 aromatic rings. The predicted octanol–water partition coefficient (Wildman–Crippen LogP) is 3.46. The van der Waals surface area contributed by atoms with Gasteiger partial charge in [-0.1, -0.05) is 11.6 Å². The van der Waals surface area contributed by atoms with Crippen molar-refractivity contribution in [2.24, 2.45) is 0 Å². The summed E-state index contributed by atoms with van der Waals surface area (Å²) in [6.45, 7) is 6.32. The van der Waals surface area contributed by atoms with Gasteiger partial charge < -0.3 is 9.47 Å². The molecule has 0 aliphatic heterocycles. The number of ether oxygens (including phenoxy) is 2. The second-order valence-electron chi connectivity index (χ2n) is 4.84. The molecule has 0 unspecified atom stereocenters. The van der Waals surface area contributed by atoms with Crippen molar-refractivity contribution >= 4 is 31.3 Å². The summed E-state index contributed by atoms with van der Waals surface area (Å²) in [5, 5.41) is 0.275. The van der Waals surface area contributed by atoms with Crippen LogP contribution >= 0.6 is 22.3 Å². The van der Waals surface area contributed by atoms with E-state index in [1.165, 1.54) is 18.2 Å². The van der Waals surface area contributed by atoms with Crippen molar-refractivity contribution in [1.82, 2.24) is 0 Å². The third-order valence-electron chi connectivity index (χ3n) is 2.04. The third kappa shape index (κ3) is 5.99. The first-order valence-corrected chi connectivity index (χ1v) is 8.29. The molecule has 0 spiro atoms. The lowest BCUT2D eigenvalue weighted by Gasteiger charge is -2.19. The maximum Gasteiger partial charge on any atom is 0.265 e. The second-order valence-corrected chi connectivity index (χ2v) is 7.81. The molecule has 1 aromatic carbocycles. The van der Waals surface area contributed by atoms with Gasteiger partial charge in [-0.15, -0.1) is 0 Å². The fourth-order valence-electron chi connectivity index (χ4n) is 1.29. The fourth-order valence-corrected chi connectivity index (χ4v) is 2.52. The van der Waals surface area contributed by atoms with Crippen molar-refractivity contribution in [2.45, 2.75) is 31.3 Å². The Labute approximate surface area is 123 Å². The van der Waals surface area contributed by atoms with Crippen LogP contribution in [-0.4, -0.2) is 27.2 Å². The van der Waals surface area contributed by atoms with Crippen LogP contribution in [0.15, 0.2) is 23.1 Å². The summed E-state index contributed by atoms with van der Waals surface area (Å²) in [5.74, 6) is 0.164. The van der Waals surface area contributed by atoms with Crippen LogP contribution in [0.5, 0.6) is 5.75 Å². The van der Waals surface area contributed by atoms with Crippen LogP contribution in [0.25, 0.3) is 0 Å². The summed E-state index contributed by atoms with van der Waals surface area (Å²) in [5.41, 5.74) is -0.273. The van der Waals surface area contributed by atoms with Gasteiger partial charge in [-0.25, -0.2) is 8.42 Å². The standard InChI is InChI=1S/C12H16Cl2O4S/c1-12(2,3)18-7-6-17-10-5-4-9(13)8-11(10)19(14,15)16/h4-5,8H,6-7H2,1-3H3. The second kappa shape index (κ2) is 6.31. The molecule has 0 heterocycles. The zero-order chi connectivity index (χ0) is 14.7. The molecule has 0 radical (unpaired) electrons. The van der Waals surface area contributed by atoms with Crippen molar-refractivity contribution < 1.29 is 17.9 Å². The van der Waals surface area contributed by atoms with Crippen molar-refractivity contribution in [3.05, 3.63) is 23.2 Å². The lowest BCUT2D eigenvalue weighted by atomic mass is 10.2. The highest BCUT2D eigenvalue weighted by Gasteiger charge is 2.18. The molecule has 108 valence electrons. The molecular weight excluding hydrogens is 311 g/mol. The minimum atomic E-state index is -3.90. The number of hydrogen-bond donors (Lipinski definition) is 0. The Morgan fingerprint density at radius 2 is 1.84 bits per heavy atom. The summed E-state index contributed by atoms with van der Waals surface area (Å²) < 4.78 is 33.6. The van der Waals surface area contributed by atoms with Crippen molar-refractivity contribution in [1.29, 1.82) is 0 Å². The Kier molecular flexibility index (Phi) is 5.50. The smallest absolute Gasteiger partial charge is 0.265 e. The Morgan fingerprint density at radius 3 is 2.37 bits per heavy atom. The van der Waals surface area contributed by atoms with Gasteiger partial charge in [-0.05, 0) is 39.0 Å². The van der Waals surface area contributed by atoms with Gasteiger partial charge in [0, 0.05) is 15.7 Å². The van der Waals surface area contributed by atoms with E-state index in [4.69, 9.17) is 31.8 Å². The summed E-state index contributed by atoms with van der Waals surface area (Å²) in [7, 11) is 1.42. The summed E-state index contributed by atoms with van der Waals surface area (Å²) in [6, 6.07) is 4.26. The first-order chi connectivity index (χ1) is 8.59. The Hall–Kier alpha value is -0.490. The Bertz CT molecular complexity index is 535.